The van der Waals surface area contributed by atoms with Gasteiger partial charge in [-0.25, -0.2) is 8.42 Å². The van der Waals surface area contributed by atoms with Crippen molar-refractivity contribution in [1.29, 1.82) is 5.26 Å². The summed E-state index contributed by atoms with van der Waals surface area (Å²) in [6, 6.07) is 12.6. The number of ether oxygens (including phenoxy) is 1. The molecule has 2 aromatic rings. The first-order valence-corrected chi connectivity index (χ1v) is 10.2. The molecule has 0 radical (unpaired) electrons. The molecule has 1 atom stereocenters. The van der Waals surface area contributed by atoms with Gasteiger partial charge in [-0.05, 0) is 56.7 Å². The van der Waals surface area contributed by atoms with Crippen molar-refractivity contribution in [3.8, 4) is 6.07 Å². The topological polar surface area (TPSA) is 125 Å². The third-order valence-electron chi connectivity index (χ3n) is 4.02. The molecule has 0 fully saturated rings. The van der Waals surface area contributed by atoms with Gasteiger partial charge in [-0.2, -0.15) is 9.98 Å². The van der Waals surface area contributed by atoms with Crippen LogP contribution in [0.3, 0.4) is 0 Å². The van der Waals surface area contributed by atoms with Crippen LogP contribution in [0.15, 0.2) is 47.4 Å². The molecule has 0 spiro atoms. The maximum absolute atomic E-state index is 12.2. The summed E-state index contributed by atoms with van der Waals surface area (Å²) >= 11 is 0. The number of nitriles is 1. The van der Waals surface area contributed by atoms with Gasteiger partial charge >= 0.3 is 5.97 Å². The summed E-state index contributed by atoms with van der Waals surface area (Å²) < 4.78 is 31.5. The molecule has 2 N–H and O–H groups in total. The molecule has 2 aromatic carbocycles. The summed E-state index contributed by atoms with van der Waals surface area (Å²) in [6.45, 7) is 4.54. The van der Waals surface area contributed by atoms with Gasteiger partial charge in [0.05, 0.1) is 16.5 Å². The van der Waals surface area contributed by atoms with Crippen LogP contribution < -0.4 is 10.0 Å². The van der Waals surface area contributed by atoms with Crippen molar-refractivity contribution < 1.29 is 22.7 Å². The number of benzene rings is 2. The van der Waals surface area contributed by atoms with Crippen molar-refractivity contribution in [2.24, 2.45) is 0 Å². The number of nitrogens with one attached hydrogen (secondary N) is 2. The summed E-state index contributed by atoms with van der Waals surface area (Å²) in [6.07, 6.45) is -1.11. The van der Waals surface area contributed by atoms with E-state index in [0.717, 1.165) is 11.1 Å². The molecule has 1 amide bonds. The van der Waals surface area contributed by atoms with E-state index in [2.05, 4.69) is 10.0 Å². The molecule has 9 heteroatoms. The molecule has 0 saturated heterocycles. The summed E-state index contributed by atoms with van der Waals surface area (Å²) in [7, 11) is -3.96. The number of carbonyl (C=O) groups is 2. The number of hydrogen-bond acceptors (Lipinski definition) is 6. The lowest BCUT2D eigenvalue weighted by molar-refractivity contribution is -0.151. The van der Waals surface area contributed by atoms with Crippen molar-refractivity contribution >= 4 is 27.6 Å². The van der Waals surface area contributed by atoms with Gasteiger partial charge in [-0.1, -0.05) is 17.7 Å². The first-order chi connectivity index (χ1) is 13.6. The van der Waals surface area contributed by atoms with Gasteiger partial charge in [0.15, 0.2) is 6.10 Å². The molecular weight excluding hydrogens is 394 g/mol. The molecular formula is C20H21N3O5S. The lowest BCUT2D eigenvalue weighted by atomic mass is 10.1. The number of nitrogens with zero attached hydrogens (tertiary/aromatic N) is 1. The second-order valence-corrected chi connectivity index (χ2v) is 8.17. The zero-order chi connectivity index (χ0) is 21.6. The summed E-state index contributed by atoms with van der Waals surface area (Å²) in [5, 5.41) is 11.4. The van der Waals surface area contributed by atoms with Crippen LogP contribution in [0, 0.1) is 25.2 Å². The Bertz CT molecular complexity index is 1060. The number of amides is 1. The van der Waals surface area contributed by atoms with Gasteiger partial charge in [-0.15, -0.1) is 0 Å². The third-order valence-corrected chi connectivity index (χ3v) is 5.43. The molecule has 8 nitrogen and oxygen atoms in total. The number of esters is 1. The molecule has 0 aliphatic heterocycles. The zero-order valence-corrected chi connectivity index (χ0v) is 17.0. The van der Waals surface area contributed by atoms with Crippen molar-refractivity contribution in [3.63, 3.8) is 0 Å². The molecule has 29 heavy (non-hydrogen) atoms. The molecule has 0 heterocycles. The Balaban J connectivity index is 1.90. The van der Waals surface area contributed by atoms with Crippen LogP contribution in [0.25, 0.3) is 0 Å². The Morgan fingerprint density at radius 3 is 2.38 bits per heavy atom. The van der Waals surface area contributed by atoms with Gasteiger partial charge in [0.2, 0.25) is 10.0 Å². The average molecular weight is 415 g/mol. The molecule has 152 valence electrons. The minimum Gasteiger partial charge on any atom is -0.452 e. The lowest BCUT2D eigenvalue weighted by Gasteiger charge is -2.15. The first-order valence-electron chi connectivity index (χ1n) is 8.70. The van der Waals surface area contributed by atoms with E-state index < -0.39 is 34.5 Å². The van der Waals surface area contributed by atoms with Crippen LogP contribution in [0.1, 0.15) is 23.6 Å². The van der Waals surface area contributed by atoms with E-state index in [1.807, 2.05) is 32.0 Å². The standard InChI is InChI=1S/C20H21N3O5S/c1-13-4-9-18(14(2)10-13)23-20(25)15(3)28-19(24)12-22-29(26,27)17-7-5-16(11-21)6-8-17/h4-10,15,22H,12H2,1-3H3,(H,23,25)/t15-/m0/s1. The zero-order valence-electron chi connectivity index (χ0n) is 16.2. The van der Waals surface area contributed by atoms with E-state index in [1.165, 1.54) is 31.2 Å². The largest absolute Gasteiger partial charge is 0.452 e. The number of hydrogen-bond donors (Lipinski definition) is 2. The minimum atomic E-state index is -3.96. The van der Waals surface area contributed by atoms with Crippen molar-refractivity contribution in [2.45, 2.75) is 31.8 Å². The Kier molecular flexibility index (Phi) is 7.09. The van der Waals surface area contributed by atoms with E-state index in [9.17, 15) is 18.0 Å². The number of anilines is 1. The number of sulfonamides is 1. The minimum absolute atomic E-state index is 0.0927. The predicted molar refractivity (Wildman–Crippen MR) is 106 cm³/mol. The number of carbonyl (C=O) groups excluding carboxylic acids is 2. The molecule has 0 aliphatic rings. The molecule has 0 aliphatic carbocycles. The van der Waals surface area contributed by atoms with Crippen molar-refractivity contribution in [3.05, 3.63) is 59.2 Å². The van der Waals surface area contributed by atoms with Gasteiger partial charge in [-0.3, -0.25) is 9.59 Å². The Morgan fingerprint density at radius 1 is 1.14 bits per heavy atom. The lowest BCUT2D eigenvalue weighted by Crippen LogP contribution is -2.35. The Hall–Kier alpha value is -3.22. The van der Waals surface area contributed by atoms with Crippen LogP contribution in [-0.4, -0.2) is 32.9 Å². The Morgan fingerprint density at radius 2 is 1.79 bits per heavy atom. The highest BCUT2D eigenvalue weighted by molar-refractivity contribution is 7.89. The average Bonchev–Trinajstić information content (AvgIpc) is 2.68. The van der Waals surface area contributed by atoms with E-state index in [-0.39, 0.29) is 4.90 Å². The predicted octanol–water partition coefficient (Wildman–Crippen LogP) is 2.02. The molecule has 2 rings (SSSR count). The van der Waals surface area contributed by atoms with Gasteiger partial charge < -0.3 is 10.1 Å². The molecule has 0 saturated carbocycles. The fourth-order valence-electron chi connectivity index (χ4n) is 2.43. The normalized spacial score (nSPS) is 11.9. The van der Waals surface area contributed by atoms with Crippen LogP contribution in [0.2, 0.25) is 0 Å². The van der Waals surface area contributed by atoms with Gasteiger partial charge in [0.25, 0.3) is 5.91 Å². The molecule has 0 bridgehead atoms. The second-order valence-electron chi connectivity index (χ2n) is 6.40. The fraction of sp³-hybridized carbons (Fsp3) is 0.250. The van der Waals surface area contributed by atoms with E-state index in [4.69, 9.17) is 10.00 Å². The fourth-order valence-corrected chi connectivity index (χ4v) is 3.40. The summed E-state index contributed by atoms with van der Waals surface area (Å²) in [5.41, 5.74) is 2.83. The molecule has 0 aromatic heterocycles. The highest BCUT2D eigenvalue weighted by atomic mass is 32.2. The number of aryl methyl sites for hydroxylation is 2. The van der Waals surface area contributed by atoms with Gasteiger partial charge in [0.1, 0.15) is 6.54 Å². The number of rotatable bonds is 7. The molecule has 0 unspecified atom stereocenters. The van der Waals surface area contributed by atoms with Gasteiger partial charge in [0, 0.05) is 5.69 Å². The smallest absolute Gasteiger partial charge is 0.321 e. The maximum atomic E-state index is 12.2. The van der Waals surface area contributed by atoms with Crippen LogP contribution >= 0.6 is 0 Å². The highest BCUT2D eigenvalue weighted by Crippen LogP contribution is 2.16. The third kappa shape index (κ3) is 6.14. The second kappa shape index (κ2) is 9.32. The van der Waals surface area contributed by atoms with Crippen molar-refractivity contribution in [2.75, 3.05) is 11.9 Å². The maximum Gasteiger partial charge on any atom is 0.321 e. The SMILES string of the molecule is Cc1ccc(NC(=O)[C@H](C)OC(=O)CNS(=O)(=O)c2ccc(C#N)cc2)c(C)c1. The van der Waals surface area contributed by atoms with Crippen LogP contribution in [0.5, 0.6) is 0 Å². The highest BCUT2D eigenvalue weighted by Gasteiger charge is 2.21. The van der Waals surface area contributed by atoms with Crippen LogP contribution in [-0.2, 0) is 24.3 Å². The summed E-state index contributed by atoms with van der Waals surface area (Å²) in [5.74, 6) is -1.43. The monoisotopic (exact) mass is 415 g/mol. The Labute approximate surface area is 169 Å². The van der Waals surface area contributed by atoms with E-state index in [0.29, 0.717) is 11.3 Å². The summed E-state index contributed by atoms with van der Waals surface area (Å²) in [4.78, 5) is 24.1. The van der Waals surface area contributed by atoms with E-state index >= 15 is 0 Å². The first kappa shape index (κ1) is 22.1. The quantitative estimate of drug-likeness (QED) is 0.667. The van der Waals surface area contributed by atoms with Crippen molar-refractivity contribution in [1.82, 2.24) is 4.72 Å². The van der Waals surface area contributed by atoms with Crippen LogP contribution in [0.4, 0.5) is 5.69 Å². The van der Waals surface area contributed by atoms with E-state index in [1.54, 1.807) is 6.07 Å².